The molecule has 1 atom stereocenters. The van der Waals surface area contributed by atoms with Crippen molar-refractivity contribution in [2.45, 2.75) is 19.9 Å². The third kappa shape index (κ3) is 2.71. The summed E-state index contributed by atoms with van der Waals surface area (Å²) < 4.78 is 6.00. The van der Waals surface area contributed by atoms with Gasteiger partial charge in [-0.2, -0.15) is 0 Å². The minimum atomic E-state index is -0.622. The number of aromatic nitrogens is 1. The molecular weight excluding hydrogens is 408 g/mol. The first kappa shape index (κ1) is 18.1. The van der Waals surface area contributed by atoms with Crippen molar-refractivity contribution < 1.29 is 9.21 Å². The summed E-state index contributed by atoms with van der Waals surface area (Å²) in [7, 11) is 0. The van der Waals surface area contributed by atoms with E-state index in [0.29, 0.717) is 26.7 Å². The van der Waals surface area contributed by atoms with Gasteiger partial charge in [0.15, 0.2) is 10.6 Å². The second kappa shape index (κ2) is 6.54. The van der Waals surface area contributed by atoms with Crippen molar-refractivity contribution in [2.24, 2.45) is 0 Å². The zero-order chi connectivity index (χ0) is 20.3. The summed E-state index contributed by atoms with van der Waals surface area (Å²) >= 11 is 7.39. The third-order valence-corrected chi connectivity index (χ3v) is 6.32. The van der Waals surface area contributed by atoms with Crippen LogP contribution in [0.25, 0.3) is 11.0 Å². The molecule has 7 heteroatoms. The lowest BCUT2D eigenvalue weighted by atomic mass is 9.97. The van der Waals surface area contributed by atoms with Gasteiger partial charge in [-0.15, -0.1) is 11.3 Å². The van der Waals surface area contributed by atoms with Gasteiger partial charge in [-0.3, -0.25) is 14.5 Å². The van der Waals surface area contributed by atoms with Crippen molar-refractivity contribution in [3.63, 3.8) is 0 Å². The molecule has 1 aliphatic rings. The van der Waals surface area contributed by atoms with E-state index in [2.05, 4.69) is 4.98 Å². The number of hydrogen-bond donors (Lipinski definition) is 0. The first-order chi connectivity index (χ1) is 14.0. The number of fused-ring (bicyclic) bond motifs is 2. The molecule has 5 rings (SSSR count). The van der Waals surface area contributed by atoms with Gasteiger partial charge in [-0.1, -0.05) is 23.7 Å². The normalized spacial score (nSPS) is 15.9. The number of carbonyl (C=O) groups is 1. The maximum atomic E-state index is 13.5. The van der Waals surface area contributed by atoms with E-state index < -0.39 is 6.04 Å². The van der Waals surface area contributed by atoms with Crippen LogP contribution in [0.15, 0.2) is 57.2 Å². The lowest BCUT2D eigenvalue weighted by molar-refractivity contribution is 0.0971. The first-order valence-corrected chi connectivity index (χ1v) is 10.3. The number of thiazole rings is 1. The van der Waals surface area contributed by atoms with Crippen LogP contribution in [-0.4, -0.2) is 10.9 Å². The standard InChI is InChI=1S/C22H15ClN2O3S/c1-11-9-15-16(10-12(11)2)28-20-17(19(15)26)18(13-3-5-14(23)6-4-13)25(21(20)27)22-24-7-8-29-22/h3-10,18H,1-2H3/t18-/m0/s1. The predicted octanol–water partition coefficient (Wildman–Crippen LogP) is 5.27. The summed E-state index contributed by atoms with van der Waals surface area (Å²) in [6, 6.07) is 10.1. The van der Waals surface area contributed by atoms with Crippen LogP contribution in [-0.2, 0) is 0 Å². The molecule has 0 bridgehead atoms. The number of halogens is 1. The maximum absolute atomic E-state index is 13.5. The van der Waals surface area contributed by atoms with E-state index in [1.807, 2.05) is 38.1 Å². The van der Waals surface area contributed by atoms with Crippen molar-refractivity contribution >= 4 is 44.9 Å². The molecule has 3 heterocycles. The molecule has 2 aromatic heterocycles. The zero-order valence-corrected chi connectivity index (χ0v) is 17.2. The zero-order valence-electron chi connectivity index (χ0n) is 15.6. The third-order valence-electron chi connectivity index (χ3n) is 5.30. The fourth-order valence-electron chi connectivity index (χ4n) is 3.72. The van der Waals surface area contributed by atoms with Gasteiger partial charge in [0, 0.05) is 16.6 Å². The van der Waals surface area contributed by atoms with Gasteiger partial charge < -0.3 is 4.42 Å². The average Bonchev–Trinajstić information content (AvgIpc) is 3.31. The summed E-state index contributed by atoms with van der Waals surface area (Å²) in [5.41, 5.74) is 3.32. The highest BCUT2D eigenvalue weighted by molar-refractivity contribution is 7.13. The number of aryl methyl sites for hydroxylation is 2. The second-order valence-corrected chi connectivity index (χ2v) is 8.36. The molecule has 0 saturated carbocycles. The molecule has 1 amide bonds. The molecule has 5 nitrogen and oxygen atoms in total. The van der Waals surface area contributed by atoms with Crippen molar-refractivity contribution in [1.29, 1.82) is 0 Å². The smallest absolute Gasteiger partial charge is 0.297 e. The molecule has 1 aliphatic heterocycles. The fraction of sp³-hybridized carbons (Fsp3) is 0.136. The molecule has 144 valence electrons. The van der Waals surface area contributed by atoms with Gasteiger partial charge in [0.25, 0.3) is 5.91 Å². The van der Waals surface area contributed by atoms with Crippen LogP contribution in [0.4, 0.5) is 5.13 Å². The number of amides is 1. The van der Waals surface area contributed by atoms with Crippen LogP contribution < -0.4 is 10.3 Å². The van der Waals surface area contributed by atoms with Crippen LogP contribution in [0.1, 0.15) is 38.9 Å². The molecule has 0 N–H and O–H groups in total. The average molecular weight is 423 g/mol. The number of hydrogen-bond acceptors (Lipinski definition) is 5. The van der Waals surface area contributed by atoms with Crippen molar-refractivity contribution in [2.75, 3.05) is 4.90 Å². The van der Waals surface area contributed by atoms with Gasteiger partial charge in [-0.05, 0) is 54.8 Å². The Bertz CT molecular complexity index is 1330. The Kier molecular flexibility index (Phi) is 4.08. The summed E-state index contributed by atoms with van der Waals surface area (Å²) in [4.78, 5) is 32.7. The quantitative estimate of drug-likeness (QED) is 0.441. The van der Waals surface area contributed by atoms with E-state index in [4.69, 9.17) is 16.0 Å². The summed E-state index contributed by atoms with van der Waals surface area (Å²) in [5, 5.41) is 3.36. The SMILES string of the molecule is Cc1cc2oc3c(c(=O)c2cc1C)[C@H](c1ccc(Cl)cc1)N(c1nccs1)C3=O. The molecule has 0 unspecified atom stereocenters. The Hall–Kier alpha value is -2.96. The Morgan fingerprint density at radius 3 is 2.52 bits per heavy atom. The molecule has 0 fully saturated rings. The Morgan fingerprint density at radius 1 is 1.10 bits per heavy atom. The van der Waals surface area contributed by atoms with Crippen LogP contribution in [0.5, 0.6) is 0 Å². The highest BCUT2D eigenvalue weighted by Crippen LogP contribution is 2.42. The van der Waals surface area contributed by atoms with Crippen LogP contribution in [0, 0.1) is 13.8 Å². The maximum Gasteiger partial charge on any atom is 0.297 e. The molecule has 2 aromatic carbocycles. The summed E-state index contributed by atoms with van der Waals surface area (Å²) in [6.45, 7) is 3.90. The van der Waals surface area contributed by atoms with Gasteiger partial charge in [0.1, 0.15) is 5.58 Å². The van der Waals surface area contributed by atoms with Gasteiger partial charge in [0.2, 0.25) is 5.76 Å². The van der Waals surface area contributed by atoms with E-state index >= 15 is 0 Å². The molecule has 29 heavy (non-hydrogen) atoms. The van der Waals surface area contributed by atoms with Gasteiger partial charge in [0.05, 0.1) is 17.0 Å². The van der Waals surface area contributed by atoms with E-state index in [1.54, 1.807) is 23.7 Å². The van der Waals surface area contributed by atoms with E-state index in [9.17, 15) is 9.59 Å². The van der Waals surface area contributed by atoms with Gasteiger partial charge >= 0.3 is 0 Å². The molecular formula is C22H15ClN2O3S. The van der Waals surface area contributed by atoms with Gasteiger partial charge in [-0.25, -0.2) is 4.98 Å². The topological polar surface area (TPSA) is 63.4 Å². The first-order valence-electron chi connectivity index (χ1n) is 9.02. The Labute approximate surface area is 175 Å². The number of benzene rings is 2. The van der Waals surface area contributed by atoms with E-state index in [-0.39, 0.29) is 17.1 Å². The Balaban J connectivity index is 1.84. The van der Waals surface area contributed by atoms with Crippen LogP contribution in [0.2, 0.25) is 5.02 Å². The largest absolute Gasteiger partial charge is 0.450 e. The van der Waals surface area contributed by atoms with Crippen molar-refractivity contribution in [1.82, 2.24) is 4.98 Å². The molecule has 0 aliphatic carbocycles. The molecule has 0 saturated heterocycles. The van der Waals surface area contributed by atoms with E-state index in [1.165, 1.54) is 16.2 Å². The molecule has 4 aromatic rings. The highest BCUT2D eigenvalue weighted by atomic mass is 35.5. The molecule has 0 spiro atoms. The van der Waals surface area contributed by atoms with Crippen molar-refractivity contribution in [3.8, 4) is 0 Å². The number of nitrogens with zero attached hydrogens (tertiary/aromatic N) is 2. The monoisotopic (exact) mass is 422 g/mol. The van der Waals surface area contributed by atoms with Crippen LogP contribution in [0.3, 0.4) is 0 Å². The minimum Gasteiger partial charge on any atom is -0.450 e. The minimum absolute atomic E-state index is 0.0703. The van der Waals surface area contributed by atoms with Crippen molar-refractivity contribution in [3.05, 3.63) is 91.2 Å². The summed E-state index contributed by atoms with van der Waals surface area (Å²) in [5.74, 6) is -0.298. The lowest BCUT2D eigenvalue weighted by Gasteiger charge is -2.22. The Morgan fingerprint density at radius 2 is 1.83 bits per heavy atom. The number of carbonyl (C=O) groups excluding carboxylic acids is 1. The van der Waals surface area contributed by atoms with Crippen LogP contribution >= 0.6 is 22.9 Å². The fourth-order valence-corrected chi connectivity index (χ4v) is 4.51. The predicted molar refractivity (Wildman–Crippen MR) is 114 cm³/mol. The lowest BCUT2D eigenvalue weighted by Crippen LogP contribution is -2.29. The number of rotatable bonds is 2. The number of anilines is 1. The highest BCUT2D eigenvalue weighted by Gasteiger charge is 2.44. The summed E-state index contributed by atoms with van der Waals surface area (Å²) in [6.07, 6.45) is 1.63. The second-order valence-electron chi connectivity index (χ2n) is 7.05. The van der Waals surface area contributed by atoms with E-state index in [0.717, 1.165) is 16.7 Å². The molecule has 0 radical (unpaired) electrons.